The van der Waals surface area contributed by atoms with E-state index in [0.717, 1.165) is 24.0 Å². The summed E-state index contributed by atoms with van der Waals surface area (Å²) in [4.78, 5) is 0. The summed E-state index contributed by atoms with van der Waals surface area (Å²) in [6, 6.07) is 3.21. The first-order chi connectivity index (χ1) is 6.22. The molecule has 2 nitrogen and oxygen atoms in total. The maximum Gasteiger partial charge on any atom is 0.130 e. The average molecular weight is 181 g/mol. The lowest BCUT2D eigenvalue weighted by Gasteiger charge is -2.07. The largest absolute Gasteiger partial charge is 0.497 e. The molecule has 0 radical (unpaired) electrons. The van der Waals surface area contributed by atoms with E-state index in [-0.39, 0.29) is 11.9 Å². The fraction of sp³-hybridized carbons (Fsp3) is 0.400. The first-order valence-electron chi connectivity index (χ1n) is 4.34. The topological polar surface area (TPSA) is 35.2 Å². The van der Waals surface area contributed by atoms with Crippen LogP contribution in [-0.4, -0.2) is 7.11 Å². The molecule has 0 fully saturated rings. The molecule has 0 spiro atoms. The van der Waals surface area contributed by atoms with Crippen LogP contribution < -0.4 is 10.5 Å². The smallest absolute Gasteiger partial charge is 0.130 e. The third-order valence-electron chi connectivity index (χ3n) is 2.54. The SMILES string of the molecule is COc1cc(F)c2c(c1)C(N)CC2. The van der Waals surface area contributed by atoms with Crippen molar-refractivity contribution in [3.63, 3.8) is 0 Å². The summed E-state index contributed by atoms with van der Waals surface area (Å²) in [6.07, 6.45) is 1.58. The lowest BCUT2D eigenvalue weighted by molar-refractivity contribution is 0.410. The van der Waals surface area contributed by atoms with Crippen molar-refractivity contribution in [1.29, 1.82) is 0 Å². The van der Waals surface area contributed by atoms with Gasteiger partial charge in [0.2, 0.25) is 0 Å². The van der Waals surface area contributed by atoms with Crippen LogP contribution in [0, 0.1) is 5.82 Å². The van der Waals surface area contributed by atoms with Crippen molar-refractivity contribution in [1.82, 2.24) is 0 Å². The van der Waals surface area contributed by atoms with Gasteiger partial charge in [0.25, 0.3) is 0 Å². The molecule has 2 N–H and O–H groups in total. The third-order valence-corrected chi connectivity index (χ3v) is 2.54. The summed E-state index contributed by atoms with van der Waals surface area (Å²) in [7, 11) is 1.53. The van der Waals surface area contributed by atoms with E-state index in [9.17, 15) is 4.39 Å². The summed E-state index contributed by atoms with van der Waals surface area (Å²) in [5.41, 5.74) is 7.47. The van der Waals surface area contributed by atoms with E-state index in [1.807, 2.05) is 6.07 Å². The average Bonchev–Trinajstić information content (AvgIpc) is 2.48. The maximum absolute atomic E-state index is 13.4. The first kappa shape index (κ1) is 8.51. The Bertz CT molecular complexity index is 338. The molecule has 1 atom stereocenters. The Labute approximate surface area is 76.5 Å². The van der Waals surface area contributed by atoms with Crippen LogP contribution in [0.2, 0.25) is 0 Å². The molecule has 2 rings (SSSR count). The molecule has 0 heterocycles. The van der Waals surface area contributed by atoms with Gasteiger partial charge in [-0.05, 0) is 30.0 Å². The van der Waals surface area contributed by atoms with Crippen LogP contribution in [0.25, 0.3) is 0 Å². The summed E-state index contributed by atoms with van der Waals surface area (Å²) in [5.74, 6) is 0.357. The molecular formula is C10H12FNO. The van der Waals surface area contributed by atoms with Crippen LogP contribution in [0.5, 0.6) is 5.75 Å². The van der Waals surface area contributed by atoms with Gasteiger partial charge in [0.15, 0.2) is 0 Å². The molecule has 0 aliphatic heterocycles. The van der Waals surface area contributed by atoms with Crippen LogP contribution in [-0.2, 0) is 6.42 Å². The van der Waals surface area contributed by atoms with Crippen molar-refractivity contribution in [2.75, 3.05) is 7.11 Å². The number of nitrogens with two attached hydrogens (primary N) is 1. The third kappa shape index (κ3) is 1.29. The second kappa shape index (κ2) is 3.00. The number of halogens is 1. The predicted molar refractivity (Wildman–Crippen MR) is 48.2 cm³/mol. The summed E-state index contributed by atoms with van der Waals surface area (Å²) >= 11 is 0. The van der Waals surface area contributed by atoms with E-state index in [4.69, 9.17) is 10.5 Å². The second-order valence-corrected chi connectivity index (χ2v) is 3.32. The number of fused-ring (bicyclic) bond motifs is 1. The zero-order valence-corrected chi connectivity index (χ0v) is 7.51. The Morgan fingerprint density at radius 2 is 2.31 bits per heavy atom. The first-order valence-corrected chi connectivity index (χ1v) is 4.34. The zero-order valence-electron chi connectivity index (χ0n) is 7.51. The van der Waals surface area contributed by atoms with Gasteiger partial charge in [-0.2, -0.15) is 0 Å². The van der Waals surface area contributed by atoms with Gasteiger partial charge in [0, 0.05) is 12.1 Å². The van der Waals surface area contributed by atoms with Crippen molar-refractivity contribution in [3.8, 4) is 5.75 Å². The number of hydrogen-bond donors (Lipinski definition) is 1. The van der Waals surface area contributed by atoms with Crippen molar-refractivity contribution in [2.24, 2.45) is 5.73 Å². The fourth-order valence-corrected chi connectivity index (χ4v) is 1.80. The Morgan fingerprint density at radius 1 is 1.54 bits per heavy atom. The molecule has 1 aromatic rings. The number of ether oxygens (including phenoxy) is 1. The minimum absolute atomic E-state index is 0.0281. The molecule has 1 unspecified atom stereocenters. The number of rotatable bonds is 1. The summed E-state index contributed by atoms with van der Waals surface area (Å²) < 4.78 is 18.3. The Kier molecular flexibility index (Phi) is 1.96. The van der Waals surface area contributed by atoms with Gasteiger partial charge in [-0.25, -0.2) is 4.39 Å². The van der Waals surface area contributed by atoms with E-state index >= 15 is 0 Å². The Morgan fingerprint density at radius 3 is 3.00 bits per heavy atom. The summed E-state index contributed by atoms with van der Waals surface area (Å²) in [5, 5.41) is 0. The maximum atomic E-state index is 13.4. The number of hydrogen-bond acceptors (Lipinski definition) is 2. The van der Waals surface area contributed by atoms with Gasteiger partial charge in [-0.15, -0.1) is 0 Å². The second-order valence-electron chi connectivity index (χ2n) is 3.32. The van der Waals surface area contributed by atoms with E-state index in [1.165, 1.54) is 13.2 Å². The standard InChI is InChI=1S/C10H12FNO/c1-13-6-4-8-7(9(11)5-6)2-3-10(8)12/h4-5,10H,2-3,12H2,1H3. The van der Waals surface area contributed by atoms with Gasteiger partial charge < -0.3 is 10.5 Å². The molecule has 0 saturated heterocycles. The normalized spacial score (nSPS) is 20.1. The van der Waals surface area contributed by atoms with Crippen LogP contribution in [0.15, 0.2) is 12.1 Å². The molecule has 0 bridgehead atoms. The molecule has 3 heteroatoms. The number of methoxy groups -OCH3 is 1. The van der Waals surface area contributed by atoms with Crippen molar-refractivity contribution >= 4 is 0 Å². The van der Waals surface area contributed by atoms with E-state index < -0.39 is 0 Å². The highest BCUT2D eigenvalue weighted by molar-refractivity contribution is 5.41. The van der Waals surface area contributed by atoms with Crippen LogP contribution in [0.4, 0.5) is 4.39 Å². The Balaban J connectivity index is 2.53. The lowest BCUT2D eigenvalue weighted by atomic mass is 10.1. The molecule has 1 aliphatic carbocycles. The van der Waals surface area contributed by atoms with Crippen molar-refractivity contribution in [2.45, 2.75) is 18.9 Å². The monoisotopic (exact) mass is 181 g/mol. The summed E-state index contributed by atoms with van der Waals surface area (Å²) in [6.45, 7) is 0. The van der Waals surface area contributed by atoms with Crippen LogP contribution >= 0.6 is 0 Å². The zero-order chi connectivity index (χ0) is 9.42. The highest BCUT2D eigenvalue weighted by Gasteiger charge is 2.22. The molecule has 1 aliphatic rings. The van der Waals surface area contributed by atoms with Gasteiger partial charge in [0.05, 0.1) is 7.11 Å². The van der Waals surface area contributed by atoms with E-state index in [1.54, 1.807) is 0 Å². The Hall–Kier alpha value is -1.09. The van der Waals surface area contributed by atoms with E-state index in [0.29, 0.717) is 5.75 Å². The predicted octanol–water partition coefficient (Wildman–Crippen LogP) is 1.78. The number of benzene rings is 1. The van der Waals surface area contributed by atoms with Crippen LogP contribution in [0.3, 0.4) is 0 Å². The van der Waals surface area contributed by atoms with Crippen molar-refractivity contribution < 1.29 is 9.13 Å². The molecule has 1 aromatic carbocycles. The molecule has 0 amide bonds. The quantitative estimate of drug-likeness (QED) is 0.716. The van der Waals surface area contributed by atoms with Gasteiger partial charge in [0.1, 0.15) is 11.6 Å². The van der Waals surface area contributed by atoms with Crippen molar-refractivity contribution in [3.05, 3.63) is 29.1 Å². The molecule has 13 heavy (non-hydrogen) atoms. The minimum Gasteiger partial charge on any atom is -0.497 e. The van der Waals surface area contributed by atoms with Crippen LogP contribution in [0.1, 0.15) is 23.6 Å². The van der Waals surface area contributed by atoms with Gasteiger partial charge in [-0.3, -0.25) is 0 Å². The minimum atomic E-state index is -0.192. The fourth-order valence-electron chi connectivity index (χ4n) is 1.80. The lowest BCUT2D eigenvalue weighted by Crippen LogP contribution is -2.05. The molecule has 0 saturated carbocycles. The van der Waals surface area contributed by atoms with Gasteiger partial charge >= 0.3 is 0 Å². The van der Waals surface area contributed by atoms with E-state index in [2.05, 4.69) is 0 Å². The highest BCUT2D eigenvalue weighted by atomic mass is 19.1. The van der Waals surface area contributed by atoms with Gasteiger partial charge in [-0.1, -0.05) is 0 Å². The molecular weight excluding hydrogens is 169 g/mol. The highest BCUT2D eigenvalue weighted by Crippen LogP contribution is 2.34. The molecule has 70 valence electrons. The molecule has 0 aromatic heterocycles.